The number of rotatable bonds is 8. The first-order chi connectivity index (χ1) is 10.9. The molecule has 0 aromatic heterocycles. The van der Waals surface area contributed by atoms with E-state index in [4.69, 9.17) is 0 Å². The highest BCUT2D eigenvalue weighted by atomic mass is 79.9. The van der Waals surface area contributed by atoms with Gasteiger partial charge in [-0.25, -0.2) is 0 Å². The van der Waals surface area contributed by atoms with Crippen molar-refractivity contribution in [2.75, 3.05) is 26.7 Å². The molecule has 0 saturated heterocycles. The Morgan fingerprint density at radius 2 is 1.91 bits per heavy atom. The van der Waals surface area contributed by atoms with Crippen LogP contribution >= 0.6 is 15.9 Å². The summed E-state index contributed by atoms with van der Waals surface area (Å²) in [5.41, 5.74) is 0.525. The zero-order valence-electron chi connectivity index (χ0n) is 14.2. The van der Waals surface area contributed by atoms with Gasteiger partial charge in [0.05, 0.1) is 5.56 Å². The molecule has 0 radical (unpaired) electrons. The molecule has 23 heavy (non-hydrogen) atoms. The second-order valence-electron chi connectivity index (χ2n) is 5.86. The lowest BCUT2D eigenvalue weighted by molar-refractivity contribution is -0.123. The van der Waals surface area contributed by atoms with Gasteiger partial charge in [-0.1, -0.05) is 32.9 Å². The van der Waals surface area contributed by atoms with Gasteiger partial charge in [-0.05, 0) is 47.6 Å². The summed E-state index contributed by atoms with van der Waals surface area (Å²) in [6.07, 6.45) is 0. The van der Waals surface area contributed by atoms with Crippen molar-refractivity contribution in [3.05, 3.63) is 34.3 Å². The van der Waals surface area contributed by atoms with Crippen molar-refractivity contribution in [2.45, 2.75) is 26.8 Å². The van der Waals surface area contributed by atoms with Crippen LogP contribution in [-0.2, 0) is 4.79 Å². The van der Waals surface area contributed by atoms with Crippen molar-refractivity contribution in [1.29, 1.82) is 0 Å². The predicted molar refractivity (Wildman–Crippen MR) is 96.4 cm³/mol. The first-order valence-corrected chi connectivity index (χ1v) is 8.67. The molecule has 0 bridgehead atoms. The minimum absolute atomic E-state index is 0.00495. The maximum Gasteiger partial charge on any atom is 0.253 e. The van der Waals surface area contributed by atoms with Crippen LogP contribution in [0.2, 0.25) is 0 Å². The third-order valence-electron chi connectivity index (χ3n) is 3.69. The van der Waals surface area contributed by atoms with Gasteiger partial charge in [-0.15, -0.1) is 0 Å². The first kappa shape index (κ1) is 19.6. The molecule has 2 N–H and O–H groups in total. The van der Waals surface area contributed by atoms with Gasteiger partial charge >= 0.3 is 0 Å². The summed E-state index contributed by atoms with van der Waals surface area (Å²) in [5.74, 6) is -0.396. The molecule has 0 saturated carbocycles. The van der Waals surface area contributed by atoms with Crippen molar-refractivity contribution in [3.8, 4) is 0 Å². The molecule has 1 aromatic carbocycles. The highest BCUT2D eigenvalue weighted by molar-refractivity contribution is 9.10. The van der Waals surface area contributed by atoms with E-state index in [1.54, 1.807) is 18.2 Å². The monoisotopic (exact) mass is 383 g/mol. The van der Waals surface area contributed by atoms with Crippen molar-refractivity contribution >= 4 is 27.7 Å². The summed E-state index contributed by atoms with van der Waals surface area (Å²) in [6.45, 7) is 8.19. The fourth-order valence-corrected chi connectivity index (χ4v) is 2.50. The van der Waals surface area contributed by atoms with Crippen molar-refractivity contribution in [1.82, 2.24) is 15.5 Å². The van der Waals surface area contributed by atoms with Crippen LogP contribution in [-0.4, -0.2) is 49.4 Å². The summed E-state index contributed by atoms with van der Waals surface area (Å²) in [6, 6.07) is 6.62. The number of hydrogen-bond acceptors (Lipinski definition) is 3. The first-order valence-electron chi connectivity index (χ1n) is 7.88. The van der Waals surface area contributed by atoms with Gasteiger partial charge in [0.15, 0.2) is 0 Å². The summed E-state index contributed by atoms with van der Waals surface area (Å²) in [4.78, 5) is 26.8. The van der Waals surface area contributed by atoms with Crippen LogP contribution in [0.15, 0.2) is 28.7 Å². The molecular formula is C17H26BrN3O2. The fourth-order valence-electron chi connectivity index (χ4n) is 2.04. The Balaban J connectivity index is 2.66. The number of carbonyl (C=O) groups excluding carboxylic acids is 2. The molecule has 0 aliphatic heterocycles. The van der Waals surface area contributed by atoms with E-state index in [-0.39, 0.29) is 17.7 Å². The molecule has 1 aromatic rings. The second kappa shape index (κ2) is 9.67. The highest BCUT2D eigenvalue weighted by Crippen LogP contribution is 2.16. The van der Waals surface area contributed by atoms with E-state index in [9.17, 15) is 9.59 Å². The molecule has 6 heteroatoms. The Bertz CT molecular complexity index is 534. The summed E-state index contributed by atoms with van der Waals surface area (Å²) in [5, 5.41) is 5.72. The smallest absolute Gasteiger partial charge is 0.253 e. The van der Waals surface area contributed by atoms with Gasteiger partial charge in [0.1, 0.15) is 6.04 Å². The van der Waals surface area contributed by atoms with E-state index < -0.39 is 6.04 Å². The van der Waals surface area contributed by atoms with Crippen LogP contribution in [0.3, 0.4) is 0 Å². The highest BCUT2D eigenvalue weighted by Gasteiger charge is 2.25. The SMILES string of the molecule is CCN(C)CCNC(=O)C(NC(=O)c1ccccc1Br)C(C)C. The molecule has 1 rings (SSSR count). The average molecular weight is 384 g/mol. The number of carbonyl (C=O) groups is 2. The van der Waals surface area contributed by atoms with E-state index in [1.165, 1.54) is 0 Å². The average Bonchev–Trinajstić information content (AvgIpc) is 2.52. The van der Waals surface area contributed by atoms with Crippen LogP contribution in [0.1, 0.15) is 31.1 Å². The largest absolute Gasteiger partial charge is 0.353 e. The Kier molecular flexibility index (Phi) is 8.26. The van der Waals surface area contributed by atoms with Crippen molar-refractivity contribution in [3.63, 3.8) is 0 Å². The number of nitrogens with one attached hydrogen (secondary N) is 2. The minimum atomic E-state index is -0.554. The lowest BCUT2D eigenvalue weighted by atomic mass is 10.0. The Morgan fingerprint density at radius 3 is 2.48 bits per heavy atom. The maximum atomic E-state index is 12.4. The van der Waals surface area contributed by atoms with Gasteiger partial charge < -0.3 is 15.5 Å². The maximum absolute atomic E-state index is 12.4. The van der Waals surface area contributed by atoms with Crippen molar-refractivity contribution < 1.29 is 9.59 Å². The van der Waals surface area contributed by atoms with E-state index >= 15 is 0 Å². The lowest BCUT2D eigenvalue weighted by Crippen LogP contribution is -2.50. The Labute approximate surface area is 146 Å². The standard InChI is InChI=1S/C17H26BrN3O2/c1-5-21(4)11-10-19-17(23)15(12(2)3)20-16(22)13-8-6-7-9-14(13)18/h6-9,12,15H,5,10-11H2,1-4H3,(H,19,23)(H,20,22). The number of likely N-dealkylation sites (N-methyl/N-ethyl adjacent to an activating group) is 1. The number of hydrogen-bond donors (Lipinski definition) is 2. The van der Waals surface area contributed by atoms with Gasteiger partial charge in [0.2, 0.25) is 5.91 Å². The van der Waals surface area contributed by atoms with E-state index in [0.717, 1.165) is 13.1 Å². The molecular weight excluding hydrogens is 358 g/mol. The molecule has 0 spiro atoms. The number of halogens is 1. The molecule has 0 aliphatic rings. The summed E-state index contributed by atoms with van der Waals surface area (Å²) < 4.78 is 0.713. The summed E-state index contributed by atoms with van der Waals surface area (Å²) >= 11 is 3.36. The fraction of sp³-hybridized carbons (Fsp3) is 0.529. The third kappa shape index (κ3) is 6.31. The molecule has 1 unspecified atom stereocenters. The summed E-state index contributed by atoms with van der Waals surface area (Å²) in [7, 11) is 2.00. The topological polar surface area (TPSA) is 61.4 Å². The van der Waals surface area contributed by atoms with E-state index in [1.807, 2.05) is 27.0 Å². The number of benzene rings is 1. The Hall–Kier alpha value is -1.40. The second-order valence-corrected chi connectivity index (χ2v) is 6.72. The molecule has 128 valence electrons. The normalized spacial score (nSPS) is 12.3. The number of nitrogens with zero attached hydrogens (tertiary/aromatic N) is 1. The van der Waals surface area contributed by atoms with Crippen LogP contribution in [0.4, 0.5) is 0 Å². The molecule has 1 atom stereocenters. The van der Waals surface area contributed by atoms with E-state index in [2.05, 4.69) is 38.4 Å². The third-order valence-corrected chi connectivity index (χ3v) is 4.38. The number of amides is 2. The van der Waals surface area contributed by atoms with Crippen LogP contribution in [0.25, 0.3) is 0 Å². The van der Waals surface area contributed by atoms with Gasteiger partial charge in [0.25, 0.3) is 5.91 Å². The molecule has 5 nitrogen and oxygen atoms in total. The van der Waals surface area contributed by atoms with Gasteiger partial charge in [-0.2, -0.15) is 0 Å². The zero-order chi connectivity index (χ0) is 17.4. The van der Waals surface area contributed by atoms with Gasteiger partial charge in [0, 0.05) is 17.6 Å². The molecule has 0 fully saturated rings. The molecule has 0 heterocycles. The zero-order valence-corrected chi connectivity index (χ0v) is 15.8. The molecule has 2 amide bonds. The van der Waals surface area contributed by atoms with E-state index in [0.29, 0.717) is 16.6 Å². The van der Waals surface area contributed by atoms with Crippen LogP contribution in [0.5, 0.6) is 0 Å². The quantitative estimate of drug-likeness (QED) is 0.723. The predicted octanol–water partition coefficient (Wildman–Crippen LogP) is 2.27. The van der Waals surface area contributed by atoms with Crippen LogP contribution < -0.4 is 10.6 Å². The van der Waals surface area contributed by atoms with Crippen LogP contribution in [0, 0.1) is 5.92 Å². The Morgan fingerprint density at radius 1 is 1.26 bits per heavy atom. The minimum Gasteiger partial charge on any atom is -0.353 e. The lowest BCUT2D eigenvalue weighted by Gasteiger charge is -2.23. The molecule has 0 aliphatic carbocycles. The van der Waals surface area contributed by atoms with Crippen molar-refractivity contribution in [2.24, 2.45) is 5.92 Å². The van der Waals surface area contributed by atoms with Gasteiger partial charge in [-0.3, -0.25) is 9.59 Å².